The van der Waals surface area contributed by atoms with Gasteiger partial charge in [0.2, 0.25) is 0 Å². The highest BCUT2D eigenvalue weighted by Gasteiger charge is 2.37. The summed E-state index contributed by atoms with van der Waals surface area (Å²) in [4.78, 5) is 11.0. The Hall–Kier alpha value is -3.19. The van der Waals surface area contributed by atoms with Crippen molar-refractivity contribution in [2.45, 2.75) is 30.0 Å². The van der Waals surface area contributed by atoms with Gasteiger partial charge in [0, 0.05) is 12.0 Å². The molecule has 164 valence electrons. The Kier molecular flexibility index (Phi) is 6.18. The van der Waals surface area contributed by atoms with Gasteiger partial charge < -0.3 is 9.47 Å². The highest BCUT2D eigenvalue weighted by Crippen LogP contribution is 2.39. The molecule has 0 saturated heterocycles. The number of alkyl halides is 3. The van der Waals surface area contributed by atoms with Crippen LogP contribution in [0.5, 0.6) is 5.75 Å². The van der Waals surface area contributed by atoms with Gasteiger partial charge in [-0.25, -0.2) is 8.42 Å². The van der Waals surface area contributed by atoms with Crippen LogP contribution in [0.2, 0.25) is 0 Å². The maximum absolute atomic E-state index is 13.3. The van der Waals surface area contributed by atoms with Gasteiger partial charge in [0.1, 0.15) is 11.9 Å². The number of nitrogens with zero attached hydrogens (tertiary/aromatic N) is 1. The molecule has 0 spiro atoms. The predicted molar refractivity (Wildman–Crippen MR) is 106 cm³/mol. The molecule has 10 heteroatoms. The highest BCUT2D eigenvalue weighted by atomic mass is 32.2. The molecule has 1 heterocycles. The molecule has 0 bridgehead atoms. The van der Waals surface area contributed by atoms with E-state index in [1.54, 1.807) is 6.07 Å². The zero-order valence-electron chi connectivity index (χ0n) is 16.3. The number of hydrogen-bond donors (Lipinski definition) is 0. The van der Waals surface area contributed by atoms with Crippen molar-refractivity contribution in [1.82, 2.24) is 0 Å². The average Bonchev–Trinajstić information content (AvgIpc) is 2.75. The maximum Gasteiger partial charge on any atom is 0.416 e. The van der Waals surface area contributed by atoms with Gasteiger partial charge in [-0.05, 0) is 42.8 Å². The van der Waals surface area contributed by atoms with Crippen LogP contribution < -0.4 is 9.04 Å². The lowest BCUT2D eigenvalue weighted by Gasteiger charge is -2.35. The molecule has 0 N–H and O–H groups in total. The highest BCUT2D eigenvalue weighted by molar-refractivity contribution is 7.92. The smallest absolute Gasteiger partial charge is 0.416 e. The fourth-order valence-electron chi connectivity index (χ4n) is 3.12. The normalized spacial score (nSPS) is 16.1. The molecule has 0 amide bonds. The Balaban J connectivity index is 2.04. The summed E-state index contributed by atoms with van der Waals surface area (Å²) in [5.41, 5.74) is -0.594. The van der Waals surface area contributed by atoms with Crippen LogP contribution in [0.3, 0.4) is 0 Å². The topological polar surface area (TPSA) is 72.9 Å². The third-order valence-corrected chi connectivity index (χ3v) is 6.48. The molecular weight excluding hydrogens is 435 g/mol. The van der Waals surface area contributed by atoms with E-state index in [0.717, 1.165) is 22.5 Å². The van der Waals surface area contributed by atoms with Crippen molar-refractivity contribution >= 4 is 21.7 Å². The summed E-state index contributed by atoms with van der Waals surface area (Å²) in [7, 11) is -3.16. The van der Waals surface area contributed by atoms with Crippen LogP contribution in [0.25, 0.3) is 0 Å². The van der Waals surface area contributed by atoms with Gasteiger partial charge in [0.25, 0.3) is 10.0 Å². The first-order valence-corrected chi connectivity index (χ1v) is 10.5. The Morgan fingerprint density at radius 1 is 1.29 bits per heavy atom. The van der Waals surface area contributed by atoms with E-state index in [1.807, 2.05) is 0 Å². The van der Waals surface area contributed by atoms with Crippen LogP contribution in [0, 0.1) is 12.3 Å². The molecule has 3 rings (SSSR count). The Labute approximate surface area is 177 Å². The van der Waals surface area contributed by atoms with Crippen molar-refractivity contribution in [2.75, 3.05) is 18.0 Å². The minimum Gasteiger partial charge on any atom is -0.486 e. The minimum absolute atomic E-state index is 0.0175. The van der Waals surface area contributed by atoms with Crippen LogP contribution >= 0.6 is 0 Å². The first kappa shape index (κ1) is 22.5. The van der Waals surface area contributed by atoms with Crippen LogP contribution in [0.1, 0.15) is 24.0 Å². The lowest BCUT2D eigenvalue weighted by molar-refractivity contribution is -0.141. The van der Waals surface area contributed by atoms with Gasteiger partial charge >= 0.3 is 12.1 Å². The molecule has 0 aromatic heterocycles. The second-order valence-electron chi connectivity index (χ2n) is 6.74. The lowest BCUT2D eigenvalue weighted by Crippen LogP contribution is -2.43. The molecule has 31 heavy (non-hydrogen) atoms. The summed E-state index contributed by atoms with van der Waals surface area (Å²) in [6, 6.07) is 7.95. The van der Waals surface area contributed by atoms with Crippen LogP contribution in [0.15, 0.2) is 47.4 Å². The Bertz CT molecular complexity index is 1140. The largest absolute Gasteiger partial charge is 0.486 e. The summed E-state index contributed by atoms with van der Waals surface area (Å²) >= 11 is 0. The predicted octanol–water partition coefficient (Wildman–Crippen LogP) is 3.60. The first-order chi connectivity index (χ1) is 14.6. The van der Waals surface area contributed by atoms with Crippen molar-refractivity contribution in [1.29, 1.82) is 0 Å². The number of ether oxygens (including phenoxy) is 2. The van der Waals surface area contributed by atoms with E-state index in [4.69, 9.17) is 11.2 Å². The molecule has 1 aliphatic rings. The number of benzene rings is 2. The zero-order valence-corrected chi connectivity index (χ0v) is 17.2. The van der Waals surface area contributed by atoms with E-state index >= 15 is 0 Å². The van der Waals surface area contributed by atoms with Gasteiger partial charge in [0.05, 0.1) is 29.8 Å². The summed E-state index contributed by atoms with van der Waals surface area (Å²) in [6.45, 7) is -0.212. The third kappa shape index (κ3) is 4.77. The molecule has 6 nitrogen and oxygen atoms in total. The van der Waals surface area contributed by atoms with Crippen molar-refractivity contribution in [3.8, 4) is 18.1 Å². The lowest BCUT2D eigenvalue weighted by atomic mass is 10.1. The number of halogens is 3. The zero-order chi connectivity index (χ0) is 22.8. The molecule has 0 aliphatic carbocycles. The van der Waals surface area contributed by atoms with E-state index < -0.39 is 38.7 Å². The monoisotopic (exact) mass is 453 g/mol. The van der Waals surface area contributed by atoms with Crippen LogP contribution in [-0.4, -0.2) is 34.1 Å². The number of terminal acetylenes is 1. The number of sulfonamides is 1. The number of esters is 1. The van der Waals surface area contributed by atoms with E-state index in [9.17, 15) is 26.4 Å². The van der Waals surface area contributed by atoms with Gasteiger partial charge in [0.15, 0.2) is 0 Å². The van der Waals surface area contributed by atoms with Gasteiger partial charge in [-0.1, -0.05) is 12.0 Å². The summed E-state index contributed by atoms with van der Waals surface area (Å²) < 4.78 is 77.4. The number of rotatable bonds is 5. The van der Waals surface area contributed by atoms with Crippen LogP contribution in [-0.2, 0) is 25.7 Å². The summed E-state index contributed by atoms with van der Waals surface area (Å²) in [6.07, 6.45) is 0.119. The fraction of sp³-hybridized carbons (Fsp3) is 0.286. The van der Waals surface area contributed by atoms with Gasteiger partial charge in [-0.15, -0.1) is 6.42 Å². The minimum atomic E-state index is -4.70. The van der Waals surface area contributed by atoms with E-state index in [-0.39, 0.29) is 30.8 Å². The number of fused-ring (bicyclic) bond motifs is 1. The van der Waals surface area contributed by atoms with Gasteiger partial charge in [-0.3, -0.25) is 9.10 Å². The molecule has 1 aliphatic heterocycles. The number of methoxy groups -OCH3 is 1. The van der Waals surface area contributed by atoms with E-state index in [1.165, 1.54) is 19.2 Å². The SMILES string of the molecule is C#Cc1ccc2c(c1)N(S(=O)(=O)c1cccc(C(F)(F)F)c1)C[C@H](CCC(=O)OC)O2. The third-order valence-electron chi connectivity index (χ3n) is 4.70. The van der Waals surface area contributed by atoms with Crippen molar-refractivity contribution in [3.05, 3.63) is 53.6 Å². The van der Waals surface area contributed by atoms with Crippen LogP contribution in [0.4, 0.5) is 18.9 Å². The molecule has 0 radical (unpaired) electrons. The number of carbonyl (C=O) groups is 1. The Morgan fingerprint density at radius 2 is 2.03 bits per heavy atom. The van der Waals surface area contributed by atoms with E-state index in [0.29, 0.717) is 11.6 Å². The fourth-order valence-corrected chi connectivity index (χ4v) is 4.67. The van der Waals surface area contributed by atoms with E-state index in [2.05, 4.69) is 10.7 Å². The molecular formula is C21H18F3NO5S. The second kappa shape index (κ2) is 8.51. The number of carbonyl (C=O) groups excluding carboxylic acids is 1. The Morgan fingerprint density at radius 3 is 2.68 bits per heavy atom. The molecule has 0 saturated carbocycles. The van der Waals surface area contributed by atoms with Crippen molar-refractivity contribution in [3.63, 3.8) is 0 Å². The standard InChI is InChI=1S/C21H18F3NO5S/c1-3-14-7-9-19-18(11-14)25(13-16(30-19)8-10-20(26)29-2)31(27,28)17-6-4-5-15(12-17)21(22,23)24/h1,4-7,9,11-12,16H,8,10,13H2,2H3/t16-/m0/s1. The summed E-state index contributed by atoms with van der Waals surface area (Å²) in [5, 5.41) is 0. The summed E-state index contributed by atoms with van der Waals surface area (Å²) in [5.74, 6) is 2.08. The molecule has 0 fully saturated rings. The number of anilines is 1. The average molecular weight is 453 g/mol. The first-order valence-electron chi connectivity index (χ1n) is 9.10. The van der Waals surface area contributed by atoms with Crippen molar-refractivity contribution < 1.29 is 35.9 Å². The molecule has 2 aromatic rings. The molecule has 0 unspecified atom stereocenters. The quantitative estimate of drug-likeness (QED) is 0.511. The number of hydrogen-bond acceptors (Lipinski definition) is 5. The second-order valence-corrected chi connectivity index (χ2v) is 8.61. The molecule has 1 atom stereocenters. The van der Waals surface area contributed by atoms with Gasteiger partial charge in [-0.2, -0.15) is 13.2 Å². The van der Waals surface area contributed by atoms with Crippen molar-refractivity contribution in [2.24, 2.45) is 0 Å². The molecule has 2 aromatic carbocycles. The maximum atomic E-state index is 13.3.